The van der Waals surface area contributed by atoms with Crippen LogP contribution in [0.25, 0.3) is 0 Å². The fraction of sp³-hybridized carbons (Fsp3) is 0.579. The van der Waals surface area contributed by atoms with Gasteiger partial charge in [-0.15, -0.1) is 0 Å². The van der Waals surface area contributed by atoms with Crippen molar-refractivity contribution in [3.63, 3.8) is 0 Å². The number of nitrogens with one attached hydrogen (secondary N) is 2. The van der Waals surface area contributed by atoms with Crippen molar-refractivity contribution in [2.75, 3.05) is 13.2 Å². The Morgan fingerprint density at radius 1 is 1.29 bits per heavy atom. The van der Waals surface area contributed by atoms with Gasteiger partial charge in [0, 0.05) is 30.3 Å². The maximum atomic E-state index is 12.4. The summed E-state index contributed by atoms with van der Waals surface area (Å²) in [5.41, 5.74) is 1.03. The lowest BCUT2D eigenvalue weighted by Crippen LogP contribution is -2.33. The third-order valence-corrected chi connectivity index (χ3v) is 4.25. The SMILES string of the molecule is CCCNC(=O)c1cccc(C(=O)N[C@@H](C)CC[C@H]2CCCO2)c1. The van der Waals surface area contributed by atoms with Gasteiger partial charge in [0.25, 0.3) is 11.8 Å². The number of rotatable bonds is 8. The van der Waals surface area contributed by atoms with Gasteiger partial charge in [0.1, 0.15) is 0 Å². The van der Waals surface area contributed by atoms with Crippen LogP contribution < -0.4 is 10.6 Å². The van der Waals surface area contributed by atoms with Crippen LogP contribution in [0.1, 0.15) is 66.7 Å². The molecule has 24 heavy (non-hydrogen) atoms. The van der Waals surface area contributed by atoms with Gasteiger partial charge in [-0.25, -0.2) is 0 Å². The molecule has 5 heteroatoms. The molecule has 0 unspecified atom stereocenters. The lowest BCUT2D eigenvalue weighted by Gasteiger charge is -2.16. The van der Waals surface area contributed by atoms with Crippen LogP contribution in [0.5, 0.6) is 0 Å². The summed E-state index contributed by atoms with van der Waals surface area (Å²) in [6, 6.07) is 6.93. The Hall–Kier alpha value is -1.88. The summed E-state index contributed by atoms with van der Waals surface area (Å²) in [6.07, 6.45) is 5.35. The van der Waals surface area contributed by atoms with Crippen molar-refractivity contribution in [2.24, 2.45) is 0 Å². The fourth-order valence-electron chi connectivity index (χ4n) is 2.83. The summed E-state index contributed by atoms with van der Waals surface area (Å²) >= 11 is 0. The molecule has 0 aromatic heterocycles. The molecule has 132 valence electrons. The lowest BCUT2D eigenvalue weighted by molar-refractivity contribution is 0.0899. The normalized spacial score (nSPS) is 18.2. The zero-order valence-electron chi connectivity index (χ0n) is 14.6. The van der Waals surface area contributed by atoms with Crippen LogP contribution in [0.2, 0.25) is 0 Å². The van der Waals surface area contributed by atoms with Crippen molar-refractivity contribution >= 4 is 11.8 Å². The minimum Gasteiger partial charge on any atom is -0.378 e. The molecule has 1 aromatic carbocycles. The van der Waals surface area contributed by atoms with Crippen LogP contribution in [0.4, 0.5) is 0 Å². The number of ether oxygens (including phenoxy) is 1. The van der Waals surface area contributed by atoms with E-state index in [4.69, 9.17) is 4.74 Å². The standard InChI is InChI=1S/C19H28N2O3/c1-3-11-20-18(22)15-6-4-7-16(13-15)19(23)21-14(2)9-10-17-8-5-12-24-17/h4,6-7,13-14,17H,3,5,8-12H2,1-2H3,(H,20,22)(H,21,23)/t14-,17+/m0/s1. The van der Waals surface area contributed by atoms with Gasteiger partial charge in [0.15, 0.2) is 0 Å². The highest BCUT2D eigenvalue weighted by Crippen LogP contribution is 2.17. The summed E-state index contributed by atoms with van der Waals surface area (Å²) in [6.45, 7) is 5.50. The Bertz CT molecular complexity index is 553. The van der Waals surface area contributed by atoms with Crippen molar-refractivity contribution in [1.29, 1.82) is 0 Å². The molecular formula is C19H28N2O3. The molecule has 0 spiro atoms. The van der Waals surface area contributed by atoms with E-state index in [1.165, 1.54) is 0 Å². The first-order chi connectivity index (χ1) is 11.6. The molecule has 1 saturated heterocycles. The summed E-state index contributed by atoms with van der Waals surface area (Å²) in [5, 5.41) is 5.83. The molecule has 2 atom stereocenters. The second kappa shape index (κ2) is 9.42. The molecule has 2 rings (SSSR count). The van der Waals surface area contributed by atoms with Gasteiger partial charge in [0.2, 0.25) is 0 Å². The van der Waals surface area contributed by atoms with Crippen molar-refractivity contribution < 1.29 is 14.3 Å². The molecule has 1 heterocycles. The second-order valence-electron chi connectivity index (χ2n) is 6.42. The van der Waals surface area contributed by atoms with E-state index in [2.05, 4.69) is 10.6 Å². The molecular weight excluding hydrogens is 304 g/mol. The van der Waals surface area contributed by atoms with Gasteiger partial charge < -0.3 is 15.4 Å². The van der Waals surface area contributed by atoms with E-state index in [0.29, 0.717) is 23.8 Å². The minimum atomic E-state index is -0.141. The zero-order chi connectivity index (χ0) is 17.4. The third-order valence-electron chi connectivity index (χ3n) is 4.25. The number of carbonyl (C=O) groups excluding carboxylic acids is 2. The van der Waals surface area contributed by atoms with Crippen LogP contribution in [0.15, 0.2) is 24.3 Å². The number of hydrogen-bond donors (Lipinski definition) is 2. The quantitative estimate of drug-likeness (QED) is 0.769. The Balaban J connectivity index is 1.85. The zero-order valence-corrected chi connectivity index (χ0v) is 14.6. The first-order valence-corrected chi connectivity index (χ1v) is 8.91. The number of carbonyl (C=O) groups is 2. The molecule has 1 aliphatic rings. The van der Waals surface area contributed by atoms with Crippen LogP contribution in [-0.2, 0) is 4.74 Å². The first-order valence-electron chi connectivity index (χ1n) is 8.91. The average molecular weight is 332 g/mol. The summed E-state index contributed by atoms with van der Waals surface area (Å²) in [4.78, 5) is 24.4. The number of benzene rings is 1. The van der Waals surface area contributed by atoms with Crippen molar-refractivity contribution in [1.82, 2.24) is 10.6 Å². The van der Waals surface area contributed by atoms with Gasteiger partial charge in [-0.3, -0.25) is 9.59 Å². The number of amides is 2. The largest absolute Gasteiger partial charge is 0.378 e. The highest BCUT2D eigenvalue weighted by atomic mass is 16.5. The maximum absolute atomic E-state index is 12.4. The molecule has 1 aromatic rings. The first kappa shape index (κ1) is 18.5. The second-order valence-corrected chi connectivity index (χ2v) is 6.42. The predicted molar refractivity (Wildman–Crippen MR) is 94.2 cm³/mol. The van der Waals surface area contributed by atoms with E-state index in [1.54, 1.807) is 24.3 Å². The Morgan fingerprint density at radius 3 is 2.71 bits per heavy atom. The fourth-order valence-corrected chi connectivity index (χ4v) is 2.83. The predicted octanol–water partition coefficient (Wildman–Crippen LogP) is 2.90. The van der Waals surface area contributed by atoms with Crippen molar-refractivity contribution in [2.45, 2.75) is 58.1 Å². The van der Waals surface area contributed by atoms with E-state index < -0.39 is 0 Å². The van der Waals surface area contributed by atoms with Gasteiger partial charge in [-0.2, -0.15) is 0 Å². The Morgan fingerprint density at radius 2 is 2.04 bits per heavy atom. The Kier molecular flexibility index (Phi) is 7.25. The molecule has 2 N–H and O–H groups in total. The molecule has 5 nitrogen and oxygen atoms in total. The smallest absolute Gasteiger partial charge is 0.251 e. The van der Waals surface area contributed by atoms with E-state index in [-0.39, 0.29) is 17.9 Å². The minimum absolute atomic E-state index is 0.0827. The molecule has 1 fully saturated rings. The molecule has 0 aliphatic carbocycles. The molecule has 1 aliphatic heterocycles. The van der Waals surface area contributed by atoms with E-state index in [0.717, 1.165) is 38.7 Å². The van der Waals surface area contributed by atoms with Gasteiger partial charge in [-0.1, -0.05) is 13.0 Å². The van der Waals surface area contributed by atoms with Crippen LogP contribution >= 0.6 is 0 Å². The molecule has 0 bridgehead atoms. The number of hydrogen-bond acceptors (Lipinski definition) is 3. The highest BCUT2D eigenvalue weighted by molar-refractivity contribution is 5.99. The summed E-state index contributed by atoms with van der Waals surface area (Å²) in [7, 11) is 0. The van der Waals surface area contributed by atoms with E-state index in [1.807, 2.05) is 13.8 Å². The Labute approximate surface area is 144 Å². The third kappa shape index (κ3) is 5.64. The molecule has 0 radical (unpaired) electrons. The van der Waals surface area contributed by atoms with Crippen molar-refractivity contribution in [3.05, 3.63) is 35.4 Å². The van der Waals surface area contributed by atoms with Gasteiger partial charge in [0.05, 0.1) is 6.10 Å². The van der Waals surface area contributed by atoms with Crippen LogP contribution in [-0.4, -0.2) is 37.1 Å². The van der Waals surface area contributed by atoms with Crippen LogP contribution in [0.3, 0.4) is 0 Å². The average Bonchev–Trinajstić information content (AvgIpc) is 3.11. The highest BCUT2D eigenvalue weighted by Gasteiger charge is 2.18. The summed E-state index contributed by atoms with van der Waals surface area (Å²) in [5.74, 6) is -0.280. The molecule has 0 saturated carbocycles. The molecule has 2 amide bonds. The summed E-state index contributed by atoms with van der Waals surface area (Å²) < 4.78 is 5.61. The van der Waals surface area contributed by atoms with E-state index >= 15 is 0 Å². The van der Waals surface area contributed by atoms with Gasteiger partial charge in [-0.05, 0) is 57.2 Å². The van der Waals surface area contributed by atoms with Crippen molar-refractivity contribution in [3.8, 4) is 0 Å². The monoisotopic (exact) mass is 332 g/mol. The topological polar surface area (TPSA) is 67.4 Å². The van der Waals surface area contributed by atoms with Gasteiger partial charge >= 0.3 is 0 Å². The van der Waals surface area contributed by atoms with Crippen LogP contribution in [0, 0.1) is 0 Å². The van der Waals surface area contributed by atoms with E-state index in [9.17, 15) is 9.59 Å². The maximum Gasteiger partial charge on any atom is 0.251 e. The lowest BCUT2D eigenvalue weighted by atomic mass is 10.1.